The van der Waals surface area contributed by atoms with Crippen molar-refractivity contribution >= 4 is 17.2 Å². The number of imidazole rings is 1. The Balaban J connectivity index is 1.40. The molecule has 1 aliphatic rings. The van der Waals surface area contributed by atoms with Crippen LogP contribution in [-0.4, -0.2) is 28.7 Å². The number of aromatic nitrogens is 2. The molecule has 1 N–H and O–H groups in total. The lowest BCUT2D eigenvalue weighted by Gasteiger charge is -2.19. The Morgan fingerprint density at radius 2 is 1.87 bits per heavy atom. The van der Waals surface area contributed by atoms with E-state index in [1.54, 1.807) is 6.20 Å². The molecule has 5 rings (SSSR count). The number of ether oxygens (including phenoxy) is 2. The van der Waals surface area contributed by atoms with Crippen molar-refractivity contribution in [2.24, 2.45) is 7.05 Å². The zero-order valence-corrected chi connectivity index (χ0v) is 17.8. The quantitative estimate of drug-likeness (QED) is 0.507. The fourth-order valence-corrected chi connectivity index (χ4v) is 4.52. The van der Waals surface area contributed by atoms with Gasteiger partial charge in [0.25, 0.3) is 5.91 Å². The van der Waals surface area contributed by atoms with Crippen molar-refractivity contribution in [1.29, 1.82) is 0 Å². The lowest BCUT2D eigenvalue weighted by atomic mass is 10.1. The molecule has 6 nitrogen and oxygen atoms in total. The molecule has 1 unspecified atom stereocenters. The van der Waals surface area contributed by atoms with Crippen molar-refractivity contribution in [2.45, 2.75) is 6.04 Å². The summed E-state index contributed by atoms with van der Waals surface area (Å²) >= 11 is 1.45. The van der Waals surface area contributed by atoms with Crippen LogP contribution in [0.3, 0.4) is 0 Å². The number of rotatable bonds is 5. The van der Waals surface area contributed by atoms with Gasteiger partial charge < -0.3 is 19.4 Å². The molecule has 1 atom stereocenters. The maximum Gasteiger partial charge on any atom is 0.262 e. The largest absolute Gasteiger partial charge is 0.486 e. The molecule has 0 aliphatic carbocycles. The first kappa shape index (κ1) is 19.4. The molecule has 156 valence electrons. The number of carbonyl (C=O) groups excluding carboxylic acids is 1. The third-order valence-electron chi connectivity index (χ3n) is 5.18. The molecule has 0 fully saturated rings. The van der Waals surface area contributed by atoms with Gasteiger partial charge >= 0.3 is 0 Å². The third-order valence-corrected chi connectivity index (χ3v) is 6.31. The van der Waals surface area contributed by atoms with E-state index in [9.17, 15) is 4.79 Å². The normalized spacial score (nSPS) is 13.6. The van der Waals surface area contributed by atoms with E-state index >= 15 is 0 Å². The molecular weight excluding hydrogens is 410 g/mol. The predicted octanol–water partition coefficient (Wildman–Crippen LogP) is 4.44. The van der Waals surface area contributed by atoms with Crippen molar-refractivity contribution < 1.29 is 14.3 Å². The first-order valence-electron chi connectivity index (χ1n) is 10.0. The van der Waals surface area contributed by atoms with Crippen LogP contribution in [0.4, 0.5) is 0 Å². The minimum absolute atomic E-state index is 0.134. The molecule has 2 aromatic carbocycles. The minimum atomic E-state index is -0.339. The molecule has 0 bridgehead atoms. The van der Waals surface area contributed by atoms with Crippen LogP contribution in [0.1, 0.15) is 27.1 Å². The lowest BCUT2D eigenvalue weighted by Crippen LogP contribution is -2.30. The van der Waals surface area contributed by atoms with Crippen LogP contribution in [0.25, 0.3) is 10.4 Å². The zero-order valence-electron chi connectivity index (χ0n) is 16.9. The van der Waals surface area contributed by atoms with Gasteiger partial charge in [-0.3, -0.25) is 4.79 Å². The summed E-state index contributed by atoms with van der Waals surface area (Å²) in [5.74, 6) is 2.14. The summed E-state index contributed by atoms with van der Waals surface area (Å²) in [5.41, 5.74) is 1.98. The van der Waals surface area contributed by atoms with Crippen LogP contribution in [0.15, 0.2) is 73.1 Å². The van der Waals surface area contributed by atoms with Gasteiger partial charge in [-0.1, -0.05) is 30.3 Å². The average Bonchev–Trinajstić information content (AvgIpc) is 3.47. The molecule has 2 aromatic heterocycles. The standard InChI is InChI=1S/C24H21N3O3S/c1-27-12-11-25-23(27)22(16-5-3-2-4-6-16)26-24(28)21-10-9-20(31-21)17-7-8-18-19(15-17)30-14-13-29-18/h2-12,15,22H,13-14H2,1H3,(H,26,28). The summed E-state index contributed by atoms with van der Waals surface area (Å²) < 4.78 is 13.2. The van der Waals surface area contributed by atoms with Crippen molar-refractivity contribution in [1.82, 2.24) is 14.9 Å². The van der Waals surface area contributed by atoms with Gasteiger partial charge in [-0.2, -0.15) is 0 Å². The topological polar surface area (TPSA) is 65.4 Å². The summed E-state index contributed by atoms with van der Waals surface area (Å²) in [5, 5.41) is 3.15. The number of amides is 1. The van der Waals surface area contributed by atoms with Crippen molar-refractivity contribution in [3.8, 4) is 21.9 Å². The number of thiophene rings is 1. The van der Waals surface area contributed by atoms with Gasteiger partial charge in [0.05, 0.1) is 4.88 Å². The Labute approximate surface area is 184 Å². The van der Waals surface area contributed by atoms with Crippen molar-refractivity contribution in [3.63, 3.8) is 0 Å². The zero-order chi connectivity index (χ0) is 21.2. The summed E-state index contributed by atoms with van der Waals surface area (Å²) in [6.07, 6.45) is 3.62. The number of nitrogens with zero attached hydrogens (tertiary/aromatic N) is 2. The number of benzene rings is 2. The van der Waals surface area contributed by atoms with Gasteiger partial charge in [-0.25, -0.2) is 4.98 Å². The van der Waals surface area contributed by atoms with Crippen molar-refractivity contribution in [2.75, 3.05) is 13.2 Å². The van der Waals surface area contributed by atoms with E-state index in [1.165, 1.54) is 11.3 Å². The fourth-order valence-electron chi connectivity index (χ4n) is 3.61. The van der Waals surface area contributed by atoms with E-state index in [-0.39, 0.29) is 11.9 Å². The molecule has 0 spiro atoms. The maximum atomic E-state index is 13.1. The molecule has 31 heavy (non-hydrogen) atoms. The maximum absolute atomic E-state index is 13.1. The Bertz CT molecular complexity index is 1220. The van der Waals surface area contributed by atoms with Crippen molar-refractivity contribution in [3.05, 3.63) is 89.3 Å². The predicted molar refractivity (Wildman–Crippen MR) is 120 cm³/mol. The number of aryl methyl sites for hydroxylation is 1. The first-order valence-corrected chi connectivity index (χ1v) is 10.8. The van der Waals surface area contributed by atoms with E-state index in [4.69, 9.17) is 9.47 Å². The van der Waals surface area contributed by atoms with E-state index in [0.29, 0.717) is 18.1 Å². The van der Waals surface area contributed by atoms with Gasteiger partial charge in [-0.15, -0.1) is 11.3 Å². The molecule has 1 amide bonds. The number of fused-ring (bicyclic) bond motifs is 1. The molecule has 3 heterocycles. The Morgan fingerprint density at radius 3 is 2.65 bits per heavy atom. The van der Waals surface area contributed by atoms with Crippen LogP contribution in [0, 0.1) is 0 Å². The molecular formula is C24H21N3O3S. The number of nitrogens with one attached hydrogen (secondary N) is 1. The SMILES string of the molecule is Cn1ccnc1C(NC(=O)c1ccc(-c2ccc3c(c2)OCCO3)s1)c1ccccc1. The number of hydrogen-bond donors (Lipinski definition) is 1. The lowest BCUT2D eigenvalue weighted by molar-refractivity contribution is 0.0945. The molecule has 7 heteroatoms. The second kappa shape index (κ2) is 8.28. The molecule has 4 aromatic rings. The van der Waals surface area contributed by atoms with Crippen LogP contribution in [-0.2, 0) is 7.05 Å². The van der Waals surface area contributed by atoms with Crippen LogP contribution in [0.5, 0.6) is 11.5 Å². The van der Waals surface area contributed by atoms with Gasteiger partial charge in [0.2, 0.25) is 0 Å². The van der Waals surface area contributed by atoms with Gasteiger partial charge in [0.1, 0.15) is 25.1 Å². The Morgan fingerprint density at radius 1 is 1.06 bits per heavy atom. The minimum Gasteiger partial charge on any atom is -0.486 e. The molecule has 0 saturated heterocycles. The van der Waals surface area contributed by atoms with E-state index in [1.807, 2.05) is 78.5 Å². The third kappa shape index (κ3) is 3.92. The number of carbonyl (C=O) groups is 1. The molecule has 0 radical (unpaired) electrons. The smallest absolute Gasteiger partial charge is 0.262 e. The highest BCUT2D eigenvalue weighted by Crippen LogP contribution is 2.37. The van der Waals surface area contributed by atoms with Crippen LogP contribution >= 0.6 is 11.3 Å². The summed E-state index contributed by atoms with van der Waals surface area (Å²) in [6.45, 7) is 1.11. The van der Waals surface area contributed by atoms with E-state index < -0.39 is 0 Å². The monoisotopic (exact) mass is 431 g/mol. The van der Waals surface area contributed by atoms with Crippen LogP contribution < -0.4 is 14.8 Å². The first-order chi connectivity index (χ1) is 15.2. The van der Waals surface area contributed by atoms with E-state index in [2.05, 4.69) is 10.3 Å². The highest BCUT2D eigenvalue weighted by molar-refractivity contribution is 7.17. The Hall–Kier alpha value is -3.58. The van der Waals surface area contributed by atoms with Crippen LogP contribution in [0.2, 0.25) is 0 Å². The van der Waals surface area contributed by atoms with Gasteiger partial charge in [-0.05, 0) is 41.5 Å². The Kier molecular flexibility index (Phi) is 5.18. The van der Waals surface area contributed by atoms with E-state index in [0.717, 1.165) is 33.3 Å². The summed E-state index contributed by atoms with van der Waals surface area (Å²) in [7, 11) is 1.93. The number of hydrogen-bond acceptors (Lipinski definition) is 5. The average molecular weight is 432 g/mol. The highest BCUT2D eigenvalue weighted by atomic mass is 32.1. The second-order valence-electron chi connectivity index (χ2n) is 7.24. The molecule has 0 saturated carbocycles. The summed E-state index contributed by atoms with van der Waals surface area (Å²) in [6, 6.07) is 19.2. The molecule has 1 aliphatic heterocycles. The second-order valence-corrected chi connectivity index (χ2v) is 8.32. The summed E-state index contributed by atoms with van der Waals surface area (Å²) in [4.78, 5) is 19.2. The highest BCUT2D eigenvalue weighted by Gasteiger charge is 2.22. The fraction of sp³-hybridized carbons (Fsp3) is 0.167. The van der Waals surface area contributed by atoms with Gasteiger partial charge in [0, 0.05) is 24.3 Å². The van der Waals surface area contributed by atoms with Gasteiger partial charge in [0.15, 0.2) is 11.5 Å².